The van der Waals surface area contributed by atoms with Crippen molar-refractivity contribution in [1.82, 2.24) is 10.3 Å². The summed E-state index contributed by atoms with van der Waals surface area (Å²) < 4.78 is 0. The molecule has 1 aromatic heterocycles. The third-order valence-corrected chi connectivity index (χ3v) is 2.95. The number of hydrogen-bond acceptors (Lipinski definition) is 4. The Kier molecular flexibility index (Phi) is 5.79. The van der Waals surface area contributed by atoms with E-state index in [1.165, 1.54) is 17.8 Å². The van der Waals surface area contributed by atoms with Gasteiger partial charge >= 0.3 is 0 Å². The molecule has 0 saturated carbocycles. The summed E-state index contributed by atoms with van der Waals surface area (Å²) in [6.45, 7) is 2.07. The first-order valence-corrected chi connectivity index (χ1v) is 6.50. The van der Waals surface area contributed by atoms with Gasteiger partial charge in [-0.15, -0.1) is 0 Å². The minimum absolute atomic E-state index is 0.100. The number of aromatic amines is 1. The molecular formula is C11H16N2O3S. The summed E-state index contributed by atoms with van der Waals surface area (Å²) >= 11 is 1.51. The van der Waals surface area contributed by atoms with Gasteiger partial charge in [-0.2, -0.15) is 11.8 Å². The van der Waals surface area contributed by atoms with Crippen LogP contribution in [0.15, 0.2) is 23.0 Å². The molecule has 1 atom stereocenters. The minimum Gasteiger partial charge on any atom is -0.385 e. The fourth-order valence-electron chi connectivity index (χ4n) is 1.23. The van der Waals surface area contributed by atoms with Crippen LogP contribution in [0, 0.1) is 0 Å². The second-order valence-electron chi connectivity index (χ2n) is 3.43. The van der Waals surface area contributed by atoms with E-state index in [2.05, 4.69) is 10.3 Å². The highest BCUT2D eigenvalue weighted by atomic mass is 32.2. The van der Waals surface area contributed by atoms with E-state index in [0.29, 0.717) is 11.4 Å². The molecule has 94 valence electrons. The lowest BCUT2D eigenvalue weighted by Crippen LogP contribution is -2.30. The molecule has 1 heterocycles. The second-order valence-corrected chi connectivity index (χ2v) is 4.70. The van der Waals surface area contributed by atoms with Gasteiger partial charge in [0.2, 0.25) is 11.5 Å². The second kappa shape index (κ2) is 7.13. The Balaban J connectivity index is 2.42. The van der Waals surface area contributed by atoms with Crippen molar-refractivity contribution in [3.63, 3.8) is 0 Å². The van der Waals surface area contributed by atoms with Crippen LogP contribution in [-0.2, 0) is 4.79 Å². The van der Waals surface area contributed by atoms with Crippen molar-refractivity contribution in [2.24, 2.45) is 0 Å². The molecule has 0 aromatic carbocycles. The molecule has 1 rings (SSSR count). The van der Waals surface area contributed by atoms with Gasteiger partial charge in [0.05, 0.1) is 5.75 Å². The maximum atomic E-state index is 11.3. The Bertz CT molecular complexity index is 419. The van der Waals surface area contributed by atoms with Crippen LogP contribution in [0.25, 0.3) is 0 Å². The van der Waals surface area contributed by atoms with Crippen LogP contribution in [0.1, 0.15) is 18.7 Å². The number of aromatic nitrogens is 1. The van der Waals surface area contributed by atoms with Crippen molar-refractivity contribution in [3.05, 3.63) is 34.2 Å². The van der Waals surface area contributed by atoms with Crippen LogP contribution in [0.2, 0.25) is 0 Å². The molecule has 0 aliphatic carbocycles. The molecule has 1 aromatic rings. The highest BCUT2D eigenvalue weighted by Gasteiger charge is 2.09. The third kappa shape index (κ3) is 5.06. The van der Waals surface area contributed by atoms with Crippen LogP contribution in [0.3, 0.4) is 0 Å². The molecule has 0 fully saturated rings. The van der Waals surface area contributed by atoms with Crippen molar-refractivity contribution < 1.29 is 9.90 Å². The number of thioether (sulfide) groups is 1. The summed E-state index contributed by atoms with van der Waals surface area (Å²) in [7, 11) is 0. The summed E-state index contributed by atoms with van der Waals surface area (Å²) in [4.78, 5) is 24.8. The van der Waals surface area contributed by atoms with Crippen molar-refractivity contribution >= 4 is 17.7 Å². The van der Waals surface area contributed by atoms with Gasteiger partial charge in [0.1, 0.15) is 6.10 Å². The Morgan fingerprint density at radius 2 is 2.35 bits per heavy atom. The number of hydrogen-bond donors (Lipinski definition) is 3. The van der Waals surface area contributed by atoms with E-state index >= 15 is 0 Å². The van der Waals surface area contributed by atoms with E-state index in [1.54, 1.807) is 12.1 Å². The summed E-state index contributed by atoms with van der Waals surface area (Å²) in [5, 5.41) is 12.3. The molecule has 17 heavy (non-hydrogen) atoms. The molecule has 0 aliphatic heterocycles. The van der Waals surface area contributed by atoms with Gasteiger partial charge < -0.3 is 15.4 Å². The van der Waals surface area contributed by atoms with Crippen LogP contribution in [0.4, 0.5) is 0 Å². The van der Waals surface area contributed by atoms with E-state index in [1.807, 2.05) is 6.92 Å². The maximum Gasteiger partial charge on any atom is 0.248 e. The maximum absolute atomic E-state index is 11.3. The van der Waals surface area contributed by atoms with Crippen LogP contribution >= 0.6 is 11.8 Å². The number of carbonyl (C=O) groups excluding carboxylic acids is 1. The first-order chi connectivity index (χ1) is 8.13. The summed E-state index contributed by atoms with van der Waals surface area (Å²) in [6, 6.07) is 4.54. The molecule has 1 unspecified atom stereocenters. The predicted molar refractivity (Wildman–Crippen MR) is 68.0 cm³/mol. The zero-order chi connectivity index (χ0) is 12.7. The number of pyridine rings is 1. The molecule has 0 saturated heterocycles. The van der Waals surface area contributed by atoms with Gasteiger partial charge in [0, 0.05) is 18.3 Å². The summed E-state index contributed by atoms with van der Waals surface area (Å²) in [6.07, 6.45) is -0.889. The molecule has 0 radical (unpaired) electrons. The molecule has 6 heteroatoms. The van der Waals surface area contributed by atoms with E-state index in [9.17, 15) is 14.7 Å². The molecule has 0 spiro atoms. The smallest absolute Gasteiger partial charge is 0.248 e. The fraction of sp³-hybridized carbons (Fsp3) is 0.455. The van der Waals surface area contributed by atoms with Gasteiger partial charge in [-0.3, -0.25) is 9.59 Å². The zero-order valence-electron chi connectivity index (χ0n) is 9.60. The van der Waals surface area contributed by atoms with E-state index in [-0.39, 0.29) is 18.0 Å². The molecule has 0 bridgehead atoms. The van der Waals surface area contributed by atoms with Crippen molar-refractivity contribution in [3.8, 4) is 0 Å². The number of carbonyl (C=O) groups is 1. The normalized spacial score (nSPS) is 12.1. The predicted octanol–water partition coefficient (Wildman–Crippen LogP) is 0.278. The average molecular weight is 256 g/mol. The average Bonchev–Trinajstić information content (AvgIpc) is 2.33. The first-order valence-electron chi connectivity index (χ1n) is 5.35. The van der Waals surface area contributed by atoms with Gasteiger partial charge in [0.15, 0.2) is 0 Å². The number of amides is 1. The number of rotatable bonds is 6. The highest BCUT2D eigenvalue weighted by molar-refractivity contribution is 7.99. The Hall–Kier alpha value is -1.27. The topological polar surface area (TPSA) is 82.2 Å². The summed E-state index contributed by atoms with van der Waals surface area (Å²) in [5.74, 6) is 1.14. The molecule has 5 nitrogen and oxygen atoms in total. The van der Waals surface area contributed by atoms with Gasteiger partial charge in [-0.1, -0.05) is 13.0 Å². The monoisotopic (exact) mass is 256 g/mol. The first kappa shape index (κ1) is 13.8. The molecule has 0 aliphatic rings. The van der Waals surface area contributed by atoms with Crippen molar-refractivity contribution in [1.29, 1.82) is 0 Å². The SMILES string of the molecule is CCSCC(=O)NCC(O)c1cccc(=O)[nH]1. The molecule has 1 amide bonds. The van der Waals surface area contributed by atoms with Gasteiger partial charge in [-0.25, -0.2) is 0 Å². The molecule has 3 N–H and O–H groups in total. The van der Waals surface area contributed by atoms with Crippen molar-refractivity contribution in [2.75, 3.05) is 18.1 Å². The third-order valence-electron chi connectivity index (χ3n) is 2.08. The standard InChI is InChI=1S/C11H16N2O3S/c1-2-17-7-11(16)12-6-9(14)8-4-3-5-10(15)13-8/h3-5,9,14H,2,6-7H2,1H3,(H,12,16)(H,13,15). The largest absolute Gasteiger partial charge is 0.385 e. The number of nitrogens with one attached hydrogen (secondary N) is 2. The van der Waals surface area contributed by atoms with Crippen LogP contribution in [0.5, 0.6) is 0 Å². The van der Waals surface area contributed by atoms with Crippen LogP contribution < -0.4 is 10.9 Å². The lowest BCUT2D eigenvalue weighted by Gasteiger charge is -2.11. The molecular weight excluding hydrogens is 240 g/mol. The number of H-pyrrole nitrogens is 1. The van der Waals surface area contributed by atoms with Crippen LogP contribution in [-0.4, -0.2) is 34.0 Å². The van der Waals surface area contributed by atoms with Gasteiger partial charge in [-0.05, 0) is 11.8 Å². The Morgan fingerprint density at radius 1 is 1.59 bits per heavy atom. The van der Waals surface area contributed by atoms with E-state index in [0.717, 1.165) is 5.75 Å². The quantitative estimate of drug-likeness (QED) is 0.682. The highest BCUT2D eigenvalue weighted by Crippen LogP contribution is 2.06. The fourth-order valence-corrected chi connectivity index (χ4v) is 1.72. The lowest BCUT2D eigenvalue weighted by atomic mass is 10.2. The minimum atomic E-state index is -0.889. The number of aliphatic hydroxyl groups is 1. The van der Waals surface area contributed by atoms with E-state index in [4.69, 9.17) is 0 Å². The van der Waals surface area contributed by atoms with Crippen molar-refractivity contribution in [2.45, 2.75) is 13.0 Å². The van der Waals surface area contributed by atoms with Gasteiger partial charge in [0.25, 0.3) is 0 Å². The zero-order valence-corrected chi connectivity index (χ0v) is 10.4. The lowest BCUT2D eigenvalue weighted by molar-refractivity contribution is -0.119. The summed E-state index contributed by atoms with van der Waals surface area (Å²) in [5.41, 5.74) is 0.135. The van der Waals surface area contributed by atoms with E-state index < -0.39 is 6.10 Å². The Labute approximate surface area is 104 Å². The number of aliphatic hydroxyl groups excluding tert-OH is 1. The Morgan fingerprint density at radius 3 is 3.00 bits per heavy atom.